The predicted molar refractivity (Wildman–Crippen MR) is 122 cm³/mol. The summed E-state index contributed by atoms with van der Waals surface area (Å²) in [4.78, 5) is 9.51. The molecule has 0 spiro atoms. The van der Waals surface area contributed by atoms with Crippen LogP contribution in [0, 0.1) is 11.8 Å². The number of nitrogens with zero attached hydrogens (tertiary/aromatic N) is 3. The van der Waals surface area contributed by atoms with Gasteiger partial charge in [0, 0.05) is 45.5 Å². The number of anilines is 1. The van der Waals surface area contributed by atoms with E-state index >= 15 is 0 Å². The number of likely N-dealkylation sites (tertiary alicyclic amines) is 1. The molecule has 1 N–H and O–H groups in total. The average Bonchev–Trinajstić information content (AvgIpc) is 3.13. The summed E-state index contributed by atoms with van der Waals surface area (Å²) in [6, 6.07) is 8.73. The Morgan fingerprint density at radius 1 is 1.11 bits per heavy atom. The van der Waals surface area contributed by atoms with Gasteiger partial charge in [-0.2, -0.15) is 0 Å². The number of hydrogen-bond donors (Lipinski definition) is 1. The Labute approximate surface area is 180 Å². The van der Waals surface area contributed by atoms with Crippen LogP contribution in [0.5, 0.6) is 0 Å². The van der Waals surface area contributed by atoms with Gasteiger partial charge in [0.25, 0.3) is 0 Å². The molecule has 2 heterocycles. The Hall–Kier alpha value is -1.02. The van der Waals surface area contributed by atoms with Crippen molar-refractivity contribution in [2.75, 3.05) is 51.3 Å². The number of nitrogens with one attached hydrogen (secondary N) is 1. The maximum atomic E-state index is 5.51. The summed E-state index contributed by atoms with van der Waals surface area (Å²) in [5.41, 5.74) is 2.67. The van der Waals surface area contributed by atoms with Crippen LogP contribution < -0.4 is 10.2 Å². The van der Waals surface area contributed by atoms with E-state index in [1.54, 1.807) is 0 Å². The predicted octanol–water partition coefficient (Wildman–Crippen LogP) is 3.34. The third kappa shape index (κ3) is 4.88. The first-order chi connectivity index (χ1) is 12.8. The van der Waals surface area contributed by atoms with Crippen molar-refractivity contribution in [2.45, 2.75) is 32.2 Å². The van der Waals surface area contributed by atoms with Crippen LogP contribution in [0.15, 0.2) is 29.3 Å². The number of para-hydroxylation sites is 1. The summed E-state index contributed by atoms with van der Waals surface area (Å²) in [5.74, 6) is 2.82. The molecule has 6 heteroatoms. The molecule has 3 aliphatic rings. The van der Waals surface area contributed by atoms with E-state index in [2.05, 4.69) is 44.4 Å². The maximum Gasteiger partial charge on any atom is 0.193 e. The second-order valence-electron chi connectivity index (χ2n) is 7.84. The highest BCUT2D eigenvalue weighted by atomic mass is 127. The van der Waals surface area contributed by atoms with Crippen LogP contribution in [0.2, 0.25) is 0 Å². The summed E-state index contributed by atoms with van der Waals surface area (Å²) in [6.45, 7) is 6.76. The summed E-state index contributed by atoms with van der Waals surface area (Å²) < 4.78 is 5.51. The largest absolute Gasteiger partial charge is 0.378 e. The minimum absolute atomic E-state index is 0. The Bertz CT molecular complexity index is 618. The number of morpholine rings is 1. The standard InChI is InChI=1S/C21H32N4O.HI/c1-22-21(25-15-18-7-2-3-8-19(18)16-25)23-14-17-6-4-5-9-20(17)24-10-12-26-13-11-24;/h4-6,9,18-19H,2-3,7-8,10-16H2,1H3,(H,22,23);1H. The van der Waals surface area contributed by atoms with Crippen molar-refractivity contribution in [3.8, 4) is 0 Å². The lowest BCUT2D eigenvalue weighted by atomic mass is 9.82. The van der Waals surface area contributed by atoms with Crippen molar-refractivity contribution in [3.05, 3.63) is 29.8 Å². The van der Waals surface area contributed by atoms with Crippen LogP contribution in [0.25, 0.3) is 0 Å². The van der Waals surface area contributed by atoms with Crippen molar-refractivity contribution in [1.29, 1.82) is 0 Å². The molecule has 2 saturated heterocycles. The number of rotatable bonds is 3. The van der Waals surface area contributed by atoms with Gasteiger partial charge in [-0.05, 0) is 36.3 Å². The molecule has 1 aromatic carbocycles. The molecule has 2 unspecified atom stereocenters. The number of hydrogen-bond acceptors (Lipinski definition) is 3. The molecule has 2 atom stereocenters. The van der Waals surface area contributed by atoms with E-state index in [0.29, 0.717) is 0 Å². The van der Waals surface area contributed by atoms with Crippen LogP contribution in [-0.4, -0.2) is 57.3 Å². The highest BCUT2D eigenvalue weighted by Gasteiger charge is 2.35. The Morgan fingerprint density at radius 2 is 1.78 bits per heavy atom. The minimum atomic E-state index is 0. The fraction of sp³-hybridized carbons (Fsp3) is 0.667. The normalized spacial score (nSPS) is 25.7. The fourth-order valence-electron chi connectivity index (χ4n) is 4.86. The van der Waals surface area contributed by atoms with Gasteiger partial charge in [-0.25, -0.2) is 0 Å². The van der Waals surface area contributed by atoms with Crippen LogP contribution in [0.1, 0.15) is 31.2 Å². The van der Waals surface area contributed by atoms with E-state index in [0.717, 1.165) is 50.6 Å². The van der Waals surface area contributed by atoms with E-state index in [-0.39, 0.29) is 24.0 Å². The second-order valence-corrected chi connectivity index (χ2v) is 7.84. The number of benzene rings is 1. The van der Waals surface area contributed by atoms with Crippen molar-refractivity contribution in [1.82, 2.24) is 10.2 Å². The first kappa shape index (κ1) is 20.7. The molecule has 1 aliphatic carbocycles. The molecule has 4 rings (SSSR count). The van der Waals surface area contributed by atoms with Crippen LogP contribution in [0.3, 0.4) is 0 Å². The molecule has 150 valence electrons. The van der Waals surface area contributed by atoms with Gasteiger partial charge in [-0.3, -0.25) is 4.99 Å². The van der Waals surface area contributed by atoms with Gasteiger partial charge in [-0.15, -0.1) is 24.0 Å². The third-order valence-corrected chi connectivity index (χ3v) is 6.27. The second kappa shape index (κ2) is 9.96. The number of ether oxygens (including phenoxy) is 1. The van der Waals surface area contributed by atoms with Gasteiger partial charge in [-0.1, -0.05) is 31.0 Å². The highest BCUT2D eigenvalue weighted by Crippen LogP contribution is 2.36. The van der Waals surface area contributed by atoms with Crippen LogP contribution in [0.4, 0.5) is 5.69 Å². The van der Waals surface area contributed by atoms with Crippen molar-refractivity contribution in [2.24, 2.45) is 16.8 Å². The summed E-state index contributed by atoms with van der Waals surface area (Å²) in [7, 11) is 1.91. The topological polar surface area (TPSA) is 40.1 Å². The summed E-state index contributed by atoms with van der Waals surface area (Å²) >= 11 is 0. The Kier molecular flexibility index (Phi) is 7.64. The molecular formula is C21H33IN4O. The molecule has 3 fully saturated rings. The Balaban J connectivity index is 0.00000210. The summed E-state index contributed by atoms with van der Waals surface area (Å²) in [6.07, 6.45) is 5.62. The number of guanidine groups is 1. The van der Waals surface area contributed by atoms with Gasteiger partial charge in [0.2, 0.25) is 0 Å². The number of fused-ring (bicyclic) bond motifs is 1. The molecule has 2 aliphatic heterocycles. The average molecular weight is 484 g/mol. The smallest absolute Gasteiger partial charge is 0.193 e. The highest BCUT2D eigenvalue weighted by molar-refractivity contribution is 14.0. The van der Waals surface area contributed by atoms with E-state index in [9.17, 15) is 0 Å². The molecule has 0 aromatic heterocycles. The molecule has 1 saturated carbocycles. The zero-order chi connectivity index (χ0) is 17.8. The minimum Gasteiger partial charge on any atom is -0.378 e. The lowest BCUT2D eigenvalue weighted by Gasteiger charge is -2.31. The monoisotopic (exact) mass is 484 g/mol. The fourth-order valence-corrected chi connectivity index (χ4v) is 4.86. The lowest BCUT2D eigenvalue weighted by molar-refractivity contribution is 0.122. The van der Waals surface area contributed by atoms with Gasteiger partial charge >= 0.3 is 0 Å². The molecule has 0 amide bonds. The van der Waals surface area contributed by atoms with Crippen molar-refractivity contribution >= 4 is 35.6 Å². The molecule has 5 nitrogen and oxygen atoms in total. The summed E-state index contributed by atoms with van der Waals surface area (Å²) in [5, 5.41) is 3.63. The van der Waals surface area contributed by atoms with Crippen molar-refractivity contribution < 1.29 is 4.74 Å². The first-order valence-electron chi connectivity index (χ1n) is 10.2. The maximum absolute atomic E-state index is 5.51. The number of halogens is 1. The zero-order valence-corrected chi connectivity index (χ0v) is 18.7. The first-order valence-corrected chi connectivity index (χ1v) is 10.2. The van der Waals surface area contributed by atoms with Crippen LogP contribution >= 0.6 is 24.0 Å². The lowest BCUT2D eigenvalue weighted by Crippen LogP contribution is -2.41. The van der Waals surface area contributed by atoms with Gasteiger partial charge in [0.05, 0.1) is 13.2 Å². The SMILES string of the molecule is CN=C(NCc1ccccc1N1CCOCC1)N1CC2CCCCC2C1.I. The van der Waals surface area contributed by atoms with Gasteiger partial charge in [0.15, 0.2) is 5.96 Å². The van der Waals surface area contributed by atoms with Crippen molar-refractivity contribution in [3.63, 3.8) is 0 Å². The molecule has 27 heavy (non-hydrogen) atoms. The molecular weight excluding hydrogens is 451 g/mol. The van der Waals surface area contributed by atoms with E-state index in [1.807, 2.05) is 7.05 Å². The van der Waals surface area contributed by atoms with E-state index in [1.165, 1.54) is 50.0 Å². The molecule has 0 bridgehead atoms. The van der Waals surface area contributed by atoms with Gasteiger partial charge in [0.1, 0.15) is 0 Å². The van der Waals surface area contributed by atoms with E-state index in [4.69, 9.17) is 4.74 Å². The number of aliphatic imine (C=N–C) groups is 1. The van der Waals surface area contributed by atoms with Gasteiger partial charge < -0.3 is 19.9 Å². The zero-order valence-electron chi connectivity index (χ0n) is 16.4. The van der Waals surface area contributed by atoms with E-state index < -0.39 is 0 Å². The van der Waals surface area contributed by atoms with Crippen LogP contribution in [-0.2, 0) is 11.3 Å². The third-order valence-electron chi connectivity index (χ3n) is 6.27. The molecule has 0 radical (unpaired) electrons. The quantitative estimate of drug-likeness (QED) is 0.406. The molecule has 1 aromatic rings. The Morgan fingerprint density at radius 3 is 2.44 bits per heavy atom.